The van der Waals surface area contributed by atoms with Gasteiger partial charge in [-0.25, -0.2) is 0 Å². The van der Waals surface area contributed by atoms with E-state index in [1.165, 1.54) is 39.3 Å². The highest BCUT2D eigenvalue weighted by Gasteiger charge is 2.17. The van der Waals surface area contributed by atoms with Crippen LogP contribution in [0.25, 0.3) is 11.1 Å². The number of benzene rings is 5. The molecule has 47 heavy (non-hydrogen) atoms. The van der Waals surface area contributed by atoms with Crippen LogP contribution in [0, 0.1) is 0 Å². The second-order valence-electron chi connectivity index (χ2n) is 12.2. The van der Waals surface area contributed by atoms with Gasteiger partial charge >= 0.3 is 0 Å². The summed E-state index contributed by atoms with van der Waals surface area (Å²) in [5, 5.41) is 0. The summed E-state index contributed by atoms with van der Waals surface area (Å²) in [4.78, 5) is 4.73. The molecule has 0 fully saturated rings. The number of hydrogen-bond acceptors (Lipinski definition) is 2. The van der Waals surface area contributed by atoms with Crippen molar-refractivity contribution < 1.29 is 0 Å². The van der Waals surface area contributed by atoms with Gasteiger partial charge in [0.15, 0.2) is 0 Å². The minimum Gasteiger partial charge on any atom is -0.314 e. The Balaban J connectivity index is 0.00000164. The van der Waals surface area contributed by atoms with Crippen molar-refractivity contribution in [1.82, 2.24) is 0 Å². The number of hydrogen-bond donors (Lipinski definition) is 0. The average Bonchev–Trinajstić information content (AvgIpc) is 3.11. The van der Waals surface area contributed by atoms with Gasteiger partial charge in [-0.05, 0) is 114 Å². The van der Waals surface area contributed by atoms with Gasteiger partial charge in [-0.1, -0.05) is 128 Å². The van der Waals surface area contributed by atoms with E-state index in [4.69, 9.17) is 0 Å². The molecule has 0 N–H and O–H groups in total. The maximum Gasteiger partial charge on any atom is 0.0462 e. The SMILES string of the molecule is C.CC.CC(C)c1ccc(N(C2=CC=CCC2)c2ccc(-c3ccc(N(c4ccccc4)c4ccc(C(C)C)cc4)cc3)cc2)cc1. The zero-order valence-electron chi connectivity index (χ0n) is 28.3. The Morgan fingerprint density at radius 3 is 1.23 bits per heavy atom. The van der Waals surface area contributed by atoms with Gasteiger partial charge in [-0.2, -0.15) is 0 Å². The van der Waals surface area contributed by atoms with Crippen molar-refractivity contribution in [2.24, 2.45) is 0 Å². The number of anilines is 5. The second kappa shape index (κ2) is 16.7. The summed E-state index contributed by atoms with van der Waals surface area (Å²) >= 11 is 0. The van der Waals surface area contributed by atoms with Crippen molar-refractivity contribution in [3.05, 3.63) is 162 Å². The van der Waals surface area contributed by atoms with Crippen LogP contribution in [0.2, 0.25) is 0 Å². The van der Waals surface area contributed by atoms with E-state index in [0.717, 1.165) is 29.9 Å². The molecule has 1 aliphatic rings. The first-order valence-electron chi connectivity index (χ1n) is 16.9. The average molecular weight is 621 g/mol. The van der Waals surface area contributed by atoms with E-state index in [1.807, 2.05) is 13.8 Å². The Morgan fingerprint density at radius 2 is 0.851 bits per heavy atom. The molecule has 0 radical (unpaired) electrons. The zero-order chi connectivity index (χ0) is 32.5. The van der Waals surface area contributed by atoms with Crippen LogP contribution in [0.15, 0.2) is 151 Å². The summed E-state index contributed by atoms with van der Waals surface area (Å²) in [6, 6.07) is 46.5. The first-order chi connectivity index (χ1) is 22.5. The van der Waals surface area contributed by atoms with Crippen LogP contribution in [0.3, 0.4) is 0 Å². The van der Waals surface area contributed by atoms with Crippen molar-refractivity contribution in [3.8, 4) is 11.1 Å². The van der Waals surface area contributed by atoms with Crippen molar-refractivity contribution in [3.63, 3.8) is 0 Å². The molecule has 0 saturated carbocycles. The molecule has 0 heterocycles. The van der Waals surface area contributed by atoms with Gasteiger partial charge in [0.05, 0.1) is 0 Å². The molecule has 0 unspecified atom stereocenters. The lowest BCUT2D eigenvalue weighted by Crippen LogP contribution is -2.17. The van der Waals surface area contributed by atoms with Gasteiger partial charge in [-0.3, -0.25) is 0 Å². The fraction of sp³-hybridized carbons (Fsp3) is 0.244. The third-order valence-electron chi connectivity index (χ3n) is 8.51. The fourth-order valence-electron chi connectivity index (χ4n) is 5.90. The van der Waals surface area contributed by atoms with E-state index >= 15 is 0 Å². The van der Waals surface area contributed by atoms with Gasteiger partial charge in [0, 0.05) is 34.1 Å². The van der Waals surface area contributed by atoms with E-state index in [-0.39, 0.29) is 7.43 Å². The van der Waals surface area contributed by atoms with Crippen LogP contribution in [0.5, 0.6) is 0 Å². The second-order valence-corrected chi connectivity index (χ2v) is 12.2. The molecule has 1 aliphatic carbocycles. The molecule has 242 valence electrons. The van der Waals surface area contributed by atoms with Crippen LogP contribution in [0.1, 0.15) is 84.8 Å². The third kappa shape index (κ3) is 8.32. The van der Waals surface area contributed by atoms with Gasteiger partial charge in [0.25, 0.3) is 0 Å². The quantitative estimate of drug-likeness (QED) is 0.162. The smallest absolute Gasteiger partial charge is 0.0462 e. The highest BCUT2D eigenvalue weighted by Crippen LogP contribution is 2.38. The molecule has 2 nitrogen and oxygen atoms in total. The van der Waals surface area contributed by atoms with E-state index in [9.17, 15) is 0 Å². The summed E-state index contributed by atoms with van der Waals surface area (Å²) in [7, 11) is 0. The van der Waals surface area contributed by atoms with E-state index < -0.39 is 0 Å². The van der Waals surface area contributed by atoms with Gasteiger partial charge < -0.3 is 9.80 Å². The van der Waals surface area contributed by atoms with Gasteiger partial charge in [0.1, 0.15) is 0 Å². The molecule has 6 rings (SSSR count). The van der Waals surface area contributed by atoms with Crippen LogP contribution >= 0.6 is 0 Å². The van der Waals surface area contributed by atoms with Crippen molar-refractivity contribution in [1.29, 1.82) is 0 Å². The lowest BCUT2D eigenvalue weighted by Gasteiger charge is -2.29. The number of nitrogens with zero attached hydrogens (tertiary/aromatic N) is 2. The largest absolute Gasteiger partial charge is 0.314 e. The summed E-state index contributed by atoms with van der Waals surface area (Å²) in [6.45, 7) is 13.0. The van der Waals surface area contributed by atoms with Gasteiger partial charge in [0.2, 0.25) is 0 Å². The molecule has 0 bridgehead atoms. The highest BCUT2D eigenvalue weighted by molar-refractivity contribution is 5.79. The predicted molar refractivity (Wildman–Crippen MR) is 208 cm³/mol. The van der Waals surface area contributed by atoms with Crippen molar-refractivity contribution in [2.75, 3.05) is 9.80 Å². The van der Waals surface area contributed by atoms with E-state index in [1.54, 1.807) is 0 Å². The number of allylic oxidation sites excluding steroid dienone is 4. The molecule has 0 amide bonds. The lowest BCUT2D eigenvalue weighted by atomic mass is 10.0. The minimum absolute atomic E-state index is 0. The monoisotopic (exact) mass is 620 g/mol. The first kappa shape index (κ1) is 35.0. The maximum absolute atomic E-state index is 2.41. The topological polar surface area (TPSA) is 6.48 Å². The molecule has 0 aromatic heterocycles. The standard InChI is InChI=1S/C42H42N2.C2H6.CH4/c1-31(2)33-15-23-39(24-16-33)43(37-11-7-5-8-12-37)41-27-19-35(20-28-41)36-21-29-42(30-22-36)44(38-13-9-6-10-14-38)40-25-17-34(18-26-40)32(3)4;1-2;/h5-9,11-13,15-32H,10,14H2,1-4H3;1-2H3;1H4. The molecular weight excluding hydrogens is 569 g/mol. The Hall–Kier alpha value is -4.82. The third-order valence-corrected chi connectivity index (χ3v) is 8.51. The molecule has 0 saturated heterocycles. The molecule has 0 aliphatic heterocycles. The lowest BCUT2D eigenvalue weighted by molar-refractivity contribution is 0.865. The number of rotatable bonds is 9. The fourth-order valence-corrected chi connectivity index (χ4v) is 5.90. The van der Waals surface area contributed by atoms with E-state index in [2.05, 4.69) is 183 Å². The van der Waals surface area contributed by atoms with Crippen LogP contribution in [-0.2, 0) is 0 Å². The normalized spacial score (nSPS) is 12.1. The summed E-state index contributed by atoms with van der Waals surface area (Å²) in [5.74, 6) is 1.03. The number of para-hydroxylation sites is 1. The molecule has 0 spiro atoms. The first-order valence-corrected chi connectivity index (χ1v) is 16.9. The predicted octanol–water partition coefficient (Wildman–Crippen LogP) is 14.1. The van der Waals surface area contributed by atoms with Crippen LogP contribution < -0.4 is 9.80 Å². The van der Waals surface area contributed by atoms with Crippen LogP contribution in [-0.4, -0.2) is 0 Å². The minimum atomic E-state index is 0. The Bertz CT molecular complexity index is 1710. The summed E-state index contributed by atoms with van der Waals surface area (Å²) < 4.78 is 0. The molecular formula is C45H52N2. The molecule has 5 aromatic carbocycles. The summed E-state index contributed by atoms with van der Waals surface area (Å²) in [5.41, 5.74) is 12.3. The Morgan fingerprint density at radius 1 is 0.468 bits per heavy atom. The van der Waals surface area contributed by atoms with Crippen LogP contribution in [0.4, 0.5) is 28.4 Å². The van der Waals surface area contributed by atoms with Gasteiger partial charge in [-0.15, -0.1) is 0 Å². The van der Waals surface area contributed by atoms with Crippen molar-refractivity contribution >= 4 is 28.4 Å². The molecule has 2 heteroatoms. The molecule has 0 atom stereocenters. The van der Waals surface area contributed by atoms with E-state index in [0.29, 0.717) is 11.8 Å². The zero-order valence-corrected chi connectivity index (χ0v) is 28.3. The maximum atomic E-state index is 2.41. The Labute approximate surface area is 284 Å². The Kier molecular flexibility index (Phi) is 12.4. The summed E-state index contributed by atoms with van der Waals surface area (Å²) in [6.07, 6.45) is 8.78. The molecule has 5 aromatic rings. The van der Waals surface area contributed by atoms with Crippen molar-refractivity contribution in [2.45, 2.75) is 73.6 Å². The highest BCUT2D eigenvalue weighted by atomic mass is 15.2.